The molecular weight excluding hydrogens is 567 g/mol. The number of carboxylic acid groups (broad SMARTS) is 1. The number of benzene rings is 3. The van der Waals surface area contributed by atoms with Crippen LogP contribution in [0.5, 0.6) is 17.2 Å². The summed E-state index contributed by atoms with van der Waals surface area (Å²) in [6.07, 6.45) is -0.260. The lowest BCUT2D eigenvalue weighted by Gasteiger charge is -2.26. The zero-order valence-electron chi connectivity index (χ0n) is 20.0. The van der Waals surface area contributed by atoms with Gasteiger partial charge in [-0.15, -0.1) is 0 Å². The number of anilines is 1. The van der Waals surface area contributed by atoms with E-state index in [9.17, 15) is 9.59 Å². The lowest BCUT2D eigenvalue weighted by molar-refractivity contribution is 0.0326. The van der Waals surface area contributed by atoms with Crippen molar-refractivity contribution in [3.05, 3.63) is 99.1 Å². The van der Waals surface area contributed by atoms with E-state index in [1.807, 2.05) is 18.2 Å². The minimum absolute atomic E-state index is 0.0896. The number of fused-ring (bicyclic) bond motifs is 1. The van der Waals surface area contributed by atoms with Crippen molar-refractivity contribution >= 4 is 52.6 Å². The summed E-state index contributed by atoms with van der Waals surface area (Å²) in [4.78, 5) is 28.2. The first kappa shape index (κ1) is 26.6. The van der Waals surface area contributed by atoms with Gasteiger partial charge in [-0.3, -0.25) is 9.78 Å². The average Bonchev–Trinajstić information content (AvgIpc) is 2.92. The molecule has 0 fully saturated rings. The molecule has 1 unspecified atom stereocenters. The van der Waals surface area contributed by atoms with Crippen molar-refractivity contribution in [3.63, 3.8) is 0 Å². The van der Waals surface area contributed by atoms with Crippen molar-refractivity contribution in [3.8, 4) is 28.5 Å². The Bertz CT molecular complexity index is 1540. The van der Waals surface area contributed by atoms with Crippen molar-refractivity contribution < 1.29 is 28.9 Å². The van der Waals surface area contributed by atoms with Crippen LogP contribution in [0.4, 0.5) is 10.5 Å². The van der Waals surface area contributed by atoms with Gasteiger partial charge in [-0.2, -0.15) is 0 Å². The number of halogens is 3. The second-order valence-electron chi connectivity index (χ2n) is 8.45. The monoisotopic (exact) mass is 584 g/mol. The molecule has 0 saturated carbocycles. The number of ether oxygens (including phenoxy) is 3. The van der Waals surface area contributed by atoms with Crippen molar-refractivity contribution in [1.82, 2.24) is 4.98 Å². The maximum Gasteiger partial charge on any atom is 0.506 e. The van der Waals surface area contributed by atoms with E-state index >= 15 is 0 Å². The molecule has 1 amide bonds. The van der Waals surface area contributed by atoms with E-state index in [2.05, 4.69) is 10.3 Å². The molecule has 2 N–H and O–H groups in total. The summed E-state index contributed by atoms with van der Waals surface area (Å²) in [6, 6.07) is 18.8. The fraction of sp³-hybridized carbons (Fsp3) is 0.107. The van der Waals surface area contributed by atoms with Crippen molar-refractivity contribution in [1.29, 1.82) is 0 Å². The summed E-state index contributed by atoms with van der Waals surface area (Å²) in [7, 11) is 0. The summed E-state index contributed by atoms with van der Waals surface area (Å²) < 4.78 is 16.4. The van der Waals surface area contributed by atoms with Crippen molar-refractivity contribution in [2.45, 2.75) is 12.5 Å². The number of nitrogens with zero attached hydrogens (tertiary/aromatic N) is 1. The lowest BCUT2D eigenvalue weighted by Crippen LogP contribution is -2.19. The summed E-state index contributed by atoms with van der Waals surface area (Å²) in [5, 5.41) is 12.7. The Morgan fingerprint density at radius 1 is 1.03 bits per heavy atom. The minimum atomic E-state index is -1.41. The fourth-order valence-corrected chi connectivity index (χ4v) is 4.82. The van der Waals surface area contributed by atoms with Gasteiger partial charge in [0.05, 0.1) is 29.2 Å². The Balaban J connectivity index is 1.27. The molecule has 2 heterocycles. The Hall–Kier alpha value is -3.98. The normalized spacial score (nSPS) is 14.1. The van der Waals surface area contributed by atoms with Gasteiger partial charge in [0.1, 0.15) is 22.6 Å². The van der Waals surface area contributed by atoms with E-state index in [0.29, 0.717) is 34.0 Å². The van der Waals surface area contributed by atoms with Crippen LogP contribution in [-0.4, -0.2) is 28.8 Å². The van der Waals surface area contributed by atoms with Crippen LogP contribution in [0.2, 0.25) is 15.1 Å². The van der Waals surface area contributed by atoms with Gasteiger partial charge in [0.2, 0.25) is 0 Å². The third kappa shape index (κ3) is 6.04. The molecule has 0 spiro atoms. The van der Waals surface area contributed by atoms with Gasteiger partial charge in [-0.25, -0.2) is 4.79 Å². The average molecular weight is 586 g/mol. The molecule has 1 aliphatic rings. The van der Waals surface area contributed by atoms with Crippen LogP contribution < -0.4 is 14.8 Å². The minimum Gasteiger partial charge on any atom is -0.491 e. The van der Waals surface area contributed by atoms with Crippen LogP contribution in [0.3, 0.4) is 0 Å². The van der Waals surface area contributed by atoms with Gasteiger partial charge < -0.3 is 24.6 Å². The van der Waals surface area contributed by atoms with Gasteiger partial charge in [0.15, 0.2) is 5.75 Å². The Kier molecular flexibility index (Phi) is 7.79. The van der Waals surface area contributed by atoms with E-state index in [4.69, 9.17) is 54.1 Å². The third-order valence-electron chi connectivity index (χ3n) is 5.85. The second-order valence-corrected chi connectivity index (χ2v) is 9.67. The Morgan fingerprint density at radius 3 is 2.51 bits per heavy atom. The summed E-state index contributed by atoms with van der Waals surface area (Å²) in [6.45, 7) is 0.217. The largest absolute Gasteiger partial charge is 0.506 e. The number of hydrogen-bond acceptors (Lipinski definition) is 6. The zero-order valence-corrected chi connectivity index (χ0v) is 22.3. The predicted octanol–water partition coefficient (Wildman–Crippen LogP) is 8.27. The number of nitrogens with one attached hydrogen (secondary N) is 1. The van der Waals surface area contributed by atoms with Crippen LogP contribution in [0.15, 0.2) is 72.9 Å². The molecule has 4 aromatic rings. The molecule has 0 saturated heterocycles. The number of hydrogen-bond donors (Lipinski definition) is 2. The molecule has 198 valence electrons. The van der Waals surface area contributed by atoms with Crippen molar-refractivity contribution in [2.24, 2.45) is 0 Å². The van der Waals surface area contributed by atoms with E-state index < -0.39 is 12.3 Å². The Labute approximate surface area is 238 Å². The van der Waals surface area contributed by atoms with Gasteiger partial charge >= 0.3 is 6.16 Å². The molecule has 0 radical (unpaired) electrons. The molecule has 0 bridgehead atoms. The SMILES string of the molecule is O=C(O)OC1CCOc2c1cc(Cl)c(Oc1ccc(C(=O)Nc3ccc(-c4cccc(Cl)c4)nc3)cc1)c2Cl. The third-order valence-corrected chi connectivity index (χ3v) is 6.71. The van der Waals surface area contributed by atoms with Gasteiger partial charge in [0, 0.05) is 28.1 Å². The van der Waals surface area contributed by atoms with Crippen molar-refractivity contribution in [2.75, 3.05) is 11.9 Å². The highest BCUT2D eigenvalue weighted by Gasteiger charge is 2.30. The zero-order chi connectivity index (χ0) is 27.5. The predicted molar refractivity (Wildman–Crippen MR) is 148 cm³/mol. The first-order valence-corrected chi connectivity index (χ1v) is 12.8. The molecule has 1 aliphatic heterocycles. The molecule has 1 atom stereocenters. The topological polar surface area (TPSA) is 107 Å². The number of amides is 1. The molecule has 39 heavy (non-hydrogen) atoms. The number of rotatable bonds is 6. The Morgan fingerprint density at radius 2 is 1.82 bits per heavy atom. The molecule has 0 aliphatic carbocycles. The highest BCUT2D eigenvalue weighted by Crippen LogP contribution is 2.49. The van der Waals surface area contributed by atoms with E-state index in [1.54, 1.807) is 48.7 Å². The van der Waals surface area contributed by atoms with Crippen LogP contribution in [0.25, 0.3) is 11.3 Å². The molecule has 11 heteroatoms. The van der Waals surface area contributed by atoms with E-state index in [-0.39, 0.29) is 34.1 Å². The molecule has 8 nitrogen and oxygen atoms in total. The molecule has 5 rings (SSSR count). The second kappa shape index (κ2) is 11.4. The first-order valence-electron chi connectivity index (χ1n) is 11.6. The van der Waals surface area contributed by atoms with Gasteiger partial charge in [-0.05, 0) is 54.6 Å². The number of carbonyl (C=O) groups is 2. The van der Waals surface area contributed by atoms with Crippen LogP contribution >= 0.6 is 34.8 Å². The molecule has 3 aromatic carbocycles. The highest BCUT2D eigenvalue weighted by atomic mass is 35.5. The molecular formula is C28H19Cl3N2O6. The summed E-state index contributed by atoms with van der Waals surface area (Å²) >= 11 is 19.0. The molecule has 1 aromatic heterocycles. The highest BCUT2D eigenvalue weighted by molar-refractivity contribution is 6.38. The van der Waals surface area contributed by atoms with E-state index in [0.717, 1.165) is 11.3 Å². The fourth-order valence-electron chi connectivity index (χ4n) is 4.03. The quantitative estimate of drug-likeness (QED) is 0.219. The smallest absolute Gasteiger partial charge is 0.491 e. The lowest BCUT2D eigenvalue weighted by atomic mass is 10.0. The first-order chi connectivity index (χ1) is 18.8. The maximum atomic E-state index is 12.7. The van der Waals surface area contributed by atoms with Crippen LogP contribution in [0.1, 0.15) is 28.4 Å². The summed E-state index contributed by atoms with van der Waals surface area (Å²) in [5.41, 5.74) is 2.94. The summed E-state index contributed by atoms with van der Waals surface area (Å²) in [5.74, 6) is 0.425. The number of aromatic nitrogens is 1. The van der Waals surface area contributed by atoms with Gasteiger partial charge in [0.25, 0.3) is 5.91 Å². The van der Waals surface area contributed by atoms with E-state index in [1.165, 1.54) is 6.07 Å². The standard InChI is InChI=1S/C28H19Cl3N2O6/c29-17-3-1-2-16(12-17)22-9-6-18(14-32-22)33-27(34)15-4-7-19(8-5-15)38-26-21(30)13-20-23(39-28(35)36)10-11-37-25(20)24(26)31/h1-9,12-14,23H,10-11H2,(H,33,34)(H,35,36). The van der Waals surface area contributed by atoms with Crippen LogP contribution in [0, 0.1) is 0 Å². The number of pyridine rings is 1. The number of carbonyl (C=O) groups excluding carboxylic acids is 1. The maximum absolute atomic E-state index is 12.7. The van der Waals surface area contributed by atoms with Gasteiger partial charge in [-0.1, -0.05) is 46.9 Å². The van der Waals surface area contributed by atoms with Crippen LogP contribution in [-0.2, 0) is 4.74 Å².